The van der Waals surface area contributed by atoms with Gasteiger partial charge < -0.3 is 9.32 Å². The Balaban J connectivity index is 1.50. The molecule has 2 aromatic heterocycles. The second kappa shape index (κ2) is 6.35. The average Bonchev–Trinajstić information content (AvgIpc) is 3.34. The van der Waals surface area contributed by atoms with Crippen LogP contribution in [0.5, 0.6) is 0 Å². The van der Waals surface area contributed by atoms with Crippen LogP contribution in [0.15, 0.2) is 59.2 Å². The summed E-state index contributed by atoms with van der Waals surface area (Å²) >= 11 is 0. The van der Waals surface area contributed by atoms with Crippen molar-refractivity contribution in [2.45, 2.75) is 18.8 Å². The number of furan rings is 1. The van der Waals surface area contributed by atoms with Crippen molar-refractivity contribution in [3.8, 4) is 11.3 Å². The van der Waals surface area contributed by atoms with Gasteiger partial charge in [-0.05, 0) is 31.0 Å². The van der Waals surface area contributed by atoms with Gasteiger partial charge in [-0.2, -0.15) is 5.10 Å². The fourth-order valence-electron chi connectivity index (χ4n) is 3.27. The van der Waals surface area contributed by atoms with Gasteiger partial charge in [0.05, 0.1) is 12.0 Å². The Morgan fingerprint density at radius 3 is 2.88 bits per heavy atom. The number of aromatic nitrogens is 2. The Bertz CT molecular complexity index is 808. The van der Waals surface area contributed by atoms with Crippen LogP contribution in [-0.2, 0) is 0 Å². The van der Waals surface area contributed by atoms with Gasteiger partial charge in [0.2, 0.25) is 0 Å². The van der Waals surface area contributed by atoms with E-state index in [4.69, 9.17) is 4.42 Å². The van der Waals surface area contributed by atoms with Crippen molar-refractivity contribution in [1.82, 2.24) is 15.1 Å². The molecular weight excluding hydrogens is 302 g/mol. The van der Waals surface area contributed by atoms with Gasteiger partial charge in [0.1, 0.15) is 0 Å². The molecule has 5 nitrogen and oxygen atoms in total. The van der Waals surface area contributed by atoms with Crippen LogP contribution in [0.4, 0.5) is 0 Å². The summed E-state index contributed by atoms with van der Waals surface area (Å²) in [6, 6.07) is 15.7. The molecule has 1 amide bonds. The van der Waals surface area contributed by atoms with E-state index in [-0.39, 0.29) is 11.8 Å². The van der Waals surface area contributed by atoms with Crippen molar-refractivity contribution >= 4 is 5.91 Å². The van der Waals surface area contributed by atoms with Crippen LogP contribution in [0.25, 0.3) is 11.3 Å². The van der Waals surface area contributed by atoms with Crippen LogP contribution in [-0.4, -0.2) is 34.1 Å². The lowest BCUT2D eigenvalue weighted by molar-refractivity contribution is 0.0673. The van der Waals surface area contributed by atoms with Crippen LogP contribution in [0.2, 0.25) is 0 Å². The lowest BCUT2D eigenvalue weighted by Crippen LogP contribution is -2.39. The molecule has 1 aliphatic rings. The zero-order valence-corrected chi connectivity index (χ0v) is 13.3. The summed E-state index contributed by atoms with van der Waals surface area (Å²) in [6.07, 6.45) is 3.57. The first-order valence-corrected chi connectivity index (χ1v) is 8.25. The Morgan fingerprint density at radius 1 is 1.21 bits per heavy atom. The molecule has 5 heteroatoms. The van der Waals surface area contributed by atoms with Gasteiger partial charge in [-0.3, -0.25) is 9.89 Å². The maximum atomic E-state index is 12.5. The molecule has 1 aromatic carbocycles. The summed E-state index contributed by atoms with van der Waals surface area (Å²) in [7, 11) is 0. The summed E-state index contributed by atoms with van der Waals surface area (Å²) in [4.78, 5) is 14.3. The Hall–Kier alpha value is -2.82. The fraction of sp³-hybridized carbons (Fsp3) is 0.263. The third kappa shape index (κ3) is 2.85. The van der Waals surface area contributed by atoms with Crippen molar-refractivity contribution in [2.24, 2.45) is 0 Å². The highest BCUT2D eigenvalue weighted by atomic mass is 16.3. The van der Waals surface area contributed by atoms with E-state index in [0.717, 1.165) is 36.3 Å². The number of nitrogens with zero attached hydrogens (tertiary/aromatic N) is 2. The number of H-pyrrole nitrogens is 1. The topological polar surface area (TPSA) is 62.1 Å². The largest absolute Gasteiger partial charge is 0.459 e. The predicted octanol–water partition coefficient (Wildman–Crippen LogP) is 3.69. The first-order chi connectivity index (χ1) is 11.8. The number of nitrogens with one attached hydrogen (secondary N) is 1. The molecule has 0 unspecified atom stereocenters. The zero-order chi connectivity index (χ0) is 16.4. The van der Waals surface area contributed by atoms with Gasteiger partial charge >= 0.3 is 0 Å². The summed E-state index contributed by atoms with van der Waals surface area (Å²) < 4.78 is 5.24. The number of carbonyl (C=O) groups is 1. The van der Waals surface area contributed by atoms with E-state index >= 15 is 0 Å². The number of carbonyl (C=O) groups excluding carboxylic acids is 1. The molecule has 122 valence electrons. The third-order valence-electron chi connectivity index (χ3n) is 4.55. The minimum atomic E-state index is -0.0347. The molecular formula is C19H19N3O2. The van der Waals surface area contributed by atoms with Crippen LogP contribution >= 0.6 is 0 Å². The lowest BCUT2D eigenvalue weighted by Gasteiger charge is -2.31. The van der Waals surface area contributed by atoms with Gasteiger partial charge in [0, 0.05) is 30.3 Å². The molecule has 3 heterocycles. The molecule has 1 saturated heterocycles. The number of hydrogen-bond donors (Lipinski definition) is 1. The van der Waals surface area contributed by atoms with Gasteiger partial charge in [-0.25, -0.2) is 0 Å². The molecule has 0 saturated carbocycles. The van der Waals surface area contributed by atoms with Gasteiger partial charge in [0.25, 0.3) is 5.91 Å². The first kappa shape index (κ1) is 14.8. The second-order valence-electron chi connectivity index (χ2n) is 6.14. The standard InChI is InChI=1S/C19H19N3O2/c23-19(18-9-5-11-24-18)22-10-4-8-15(13-22)17-12-16(20-21-17)14-6-2-1-3-7-14/h1-3,5-7,9,11-12,15H,4,8,10,13H2,(H,20,21)/t15-/m0/s1. The number of likely N-dealkylation sites (tertiary alicyclic amines) is 1. The maximum Gasteiger partial charge on any atom is 0.289 e. The van der Waals surface area contributed by atoms with E-state index in [2.05, 4.69) is 16.3 Å². The molecule has 3 aromatic rings. The molecule has 1 aliphatic heterocycles. The molecule has 1 fully saturated rings. The van der Waals surface area contributed by atoms with Crippen LogP contribution in [0.3, 0.4) is 0 Å². The first-order valence-electron chi connectivity index (χ1n) is 8.25. The van der Waals surface area contributed by atoms with E-state index in [0.29, 0.717) is 12.3 Å². The molecule has 1 atom stereocenters. The SMILES string of the molecule is O=C(c1ccco1)N1CCC[C@H](c2cc(-c3ccccc3)n[nH]2)C1. The smallest absolute Gasteiger partial charge is 0.289 e. The minimum absolute atomic E-state index is 0.0347. The Kier molecular flexibility index (Phi) is 3.91. The molecule has 0 spiro atoms. The van der Waals surface area contributed by atoms with Crippen molar-refractivity contribution in [2.75, 3.05) is 13.1 Å². The van der Waals surface area contributed by atoms with Crippen LogP contribution < -0.4 is 0 Å². The number of rotatable bonds is 3. The zero-order valence-electron chi connectivity index (χ0n) is 13.3. The molecule has 0 bridgehead atoms. The van der Waals surface area contributed by atoms with Gasteiger partial charge in [-0.15, -0.1) is 0 Å². The fourth-order valence-corrected chi connectivity index (χ4v) is 3.27. The summed E-state index contributed by atoms with van der Waals surface area (Å²) in [5, 5.41) is 7.59. The number of amides is 1. The monoisotopic (exact) mass is 321 g/mol. The number of piperidine rings is 1. The minimum Gasteiger partial charge on any atom is -0.459 e. The third-order valence-corrected chi connectivity index (χ3v) is 4.55. The van der Waals surface area contributed by atoms with E-state index in [9.17, 15) is 4.79 Å². The average molecular weight is 321 g/mol. The molecule has 24 heavy (non-hydrogen) atoms. The summed E-state index contributed by atoms with van der Waals surface area (Å²) in [5.41, 5.74) is 3.13. The molecule has 0 radical (unpaired) electrons. The van der Waals surface area contributed by atoms with E-state index < -0.39 is 0 Å². The highest BCUT2D eigenvalue weighted by molar-refractivity contribution is 5.91. The van der Waals surface area contributed by atoms with Crippen molar-refractivity contribution < 1.29 is 9.21 Å². The molecule has 0 aliphatic carbocycles. The highest BCUT2D eigenvalue weighted by Gasteiger charge is 2.27. The number of benzene rings is 1. The molecule has 4 rings (SSSR count). The van der Waals surface area contributed by atoms with E-state index in [1.807, 2.05) is 35.2 Å². The highest BCUT2D eigenvalue weighted by Crippen LogP contribution is 2.29. The second-order valence-corrected chi connectivity index (χ2v) is 6.14. The maximum absolute atomic E-state index is 12.5. The van der Waals surface area contributed by atoms with Crippen molar-refractivity contribution in [3.05, 3.63) is 66.2 Å². The van der Waals surface area contributed by atoms with Crippen LogP contribution in [0, 0.1) is 0 Å². The molecule has 1 N–H and O–H groups in total. The number of hydrogen-bond acceptors (Lipinski definition) is 3. The van der Waals surface area contributed by atoms with Gasteiger partial charge in [-0.1, -0.05) is 30.3 Å². The van der Waals surface area contributed by atoms with Crippen molar-refractivity contribution in [3.63, 3.8) is 0 Å². The number of aromatic amines is 1. The Morgan fingerprint density at radius 2 is 2.08 bits per heavy atom. The van der Waals surface area contributed by atoms with Crippen molar-refractivity contribution in [1.29, 1.82) is 0 Å². The van der Waals surface area contributed by atoms with Gasteiger partial charge in [0.15, 0.2) is 5.76 Å². The van der Waals surface area contributed by atoms with Crippen LogP contribution in [0.1, 0.15) is 35.0 Å². The Labute approximate surface area is 140 Å². The van der Waals surface area contributed by atoms with E-state index in [1.165, 1.54) is 6.26 Å². The van der Waals surface area contributed by atoms with E-state index in [1.54, 1.807) is 12.1 Å². The summed E-state index contributed by atoms with van der Waals surface area (Å²) in [5.74, 6) is 0.653. The predicted molar refractivity (Wildman–Crippen MR) is 90.6 cm³/mol. The lowest BCUT2D eigenvalue weighted by atomic mass is 9.94. The quantitative estimate of drug-likeness (QED) is 0.800. The summed E-state index contributed by atoms with van der Waals surface area (Å²) in [6.45, 7) is 1.46. The normalized spacial score (nSPS) is 17.8.